The molecule has 0 spiro atoms. The number of carboxylic acid groups (broad SMARTS) is 1. The molecule has 1 aliphatic heterocycles. The highest BCUT2D eigenvalue weighted by atomic mass is 32.2. The van der Waals surface area contributed by atoms with Gasteiger partial charge >= 0.3 is 16.2 Å². The van der Waals surface area contributed by atoms with Gasteiger partial charge in [0.25, 0.3) is 0 Å². The van der Waals surface area contributed by atoms with E-state index in [0.29, 0.717) is 30.6 Å². The maximum absolute atomic E-state index is 12.2. The van der Waals surface area contributed by atoms with E-state index in [1.807, 2.05) is 0 Å². The molecule has 0 aromatic carbocycles. The molecular formula is C11H17N3O5S. The van der Waals surface area contributed by atoms with Gasteiger partial charge in [-0.15, -0.1) is 0 Å². The first-order chi connectivity index (χ1) is 9.31. The summed E-state index contributed by atoms with van der Waals surface area (Å²) in [5.74, 6) is -1.57. The smallest absolute Gasteiger partial charge is 0.307 e. The van der Waals surface area contributed by atoms with Gasteiger partial charge in [-0.25, -0.2) is 4.72 Å². The molecule has 2 heterocycles. The van der Waals surface area contributed by atoms with Crippen molar-refractivity contribution < 1.29 is 22.8 Å². The summed E-state index contributed by atoms with van der Waals surface area (Å²) in [7, 11) is -3.83. The molecule has 1 atom stereocenters. The molecule has 0 bridgehead atoms. The van der Waals surface area contributed by atoms with Crippen LogP contribution in [0.15, 0.2) is 4.52 Å². The molecule has 2 N–H and O–H groups in total. The molecule has 1 saturated heterocycles. The number of carboxylic acids is 1. The Hall–Kier alpha value is -1.61. The molecule has 1 aromatic heterocycles. The fraction of sp³-hybridized carbons (Fsp3) is 0.636. The van der Waals surface area contributed by atoms with Crippen LogP contribution in [-0.2, 0) is 15.0 Å². The third kappa shape index (κ3) is 2.93. The molecule has 0 amide bonds. The maximum Gasteiger partial charge on any atom is 0.307 e. The second-order valence-corrected chi connectivity index (χ2v) is 6.54. The molecule has 112 valence electrons. The number of carbonyl (C=O) groups is 1. The van der Waals surface area contributed by atoms with Gasteiger partial charge in [0.1, 0.15) is 0 Å². The van der Waals surface area contributed by atoms with Crippen LogP contribution in [-0.4, -0.2) is 42.0 Å². The van der Waals surface area contributed by atoms with E-state index in [9.17, 15) is 13.2 Å². The van der Waals surface area contributed by atoms with Crippen LogP contribution in [0.5, 0.6) is 0 Å². The van der Waals surface area contributed by atoms with Gasteiger partial charge in [-0.2, -0.15) is 12.7 Å². The molecule has 1 aromatic rings. The number of nitrogens with one attached hydrogen (secondary N) is 1. The second-order valence-electron chi connectivity index (χ2n) is 4.86. The van der Waals surface area contributed by atoms with Crippen molar-refractivity contribution in [3.63, 3.8) is 0 Å². The molecule has 20 heavy (non-hydrogen) atoms. The summed E-state index contributed by atoms with van der Waals surface area (Å²) >= 11 is 0. The summed E-state index contributed by atoms with van der Waals surface area (Å²) in [6.07, 6.45) is 1.01. The Balaban J connectivity index is 2.14. The van der Waals surface area contributed by atoms with Gasteiger partial charge < -0.3 is 9.63 Å². The van der Waals surface area contributed by atoms with Gasteiger partial charge in [-0.1, -0.05) is 5.16 Å². The van der Waals surface area contributed by atoms with Crippen molar-refractivity contribution in [2.24, 2.45) is 5.92 Å². The monoisotopic (exact) mass is 303 g/mol. The quantitative estimate of drug-likeness (QED) is 0.848. The number of rotatable bonds is 4. The number of aryl methyl sites for hydroxylation is 1. The fourth-order valence-electron chi connectivity index (χ4n) is 2.05. The first kappa shape index (κ1) is 14.8. The topological polar surface area (TPSA) is 113 Å². The molecule has 2 rings (SSSR count). The maximum atomic E-state index is 12.2. The molecule has 1 fully saturated rings. The largest absolute Gasteiger partial charge is 0.481 e. The summed E-state index contributed by atoms with van der Waals surface area (Å²) < 4.78 is 32.8. The third-order valence-corrected chi connectivity index (χ3v) is 4.91. The van der Waals surface area contributed by atoms with Gasteiger partial charge in [0, 0.05) is 18.7 Å². The lowest BCUT2D eigenvalue weighted by molar-refractivity contribution is -0.142. The zero-order chi connectivity index (χ0) is 14.9. The minimum atomic E-state index is -3.83. The van der Waals surface area contributed by atoms with Crippen LogP contribution in [0, 0.1) is 19.8 Å². The van der Waals surface area contributed by atoms with E-state index in [4.69, 9.17) is 9.63 Å². The van der Waals surface area contributed by atoms with Crippen molar-refractivity contribution in [2.75, 3.05) is 17.8 Å². The van der Waals surface area contributed by atoms with E-state index in [-0.39, 0.29) is 12.4 Å². The number of nitrogens with zero attached hydrogens (tertiary/aromatic N) is 2. The van der Waals surface area contributed by atoms with Crippen LogP contribution in [0.4, 0.5) is 5.88 Å². The zero-order valence-corrected chi connectivity index (χ0v) is 12.1. The van der Waals surface area contributed by atoms with Crippen molar-refractivity contribution in [3.8, 4) is 0 Å². The van der Waals surface area contributed by atoms with Crippen LogP contribution in [0.2, 0.25) is 0 Å². The number of aliphatic carboxylic acids is 1. The molecule has 8 nitrogen and oxygen atoms in total. The summed E-state index contributed by atoms with van der Waals surface area (Å²) in [6, 6.07) is 0. The number of aromatic nitrogens is 1. The van der Waals surface area contributed by atoms with Crippen LogP contribution < -0.4 is 4.72 Å². The normalized spacial score (nSPS) is 20.8. The molecule has 0 aliphatic carbocycles. The van der Waals surface area contributed by atoms with Crippen molar-refractivity contribution in [1.29, 1.82) is 0 Å². The van der Waals surface area contributed by atoms with E-state index in [2.05, 4.69) is 9.88 Å². The highest BCUT2D eigenvalue weighted by Gasteiger charge is 2.33. The minimum absolute atomic E-state index is 0.0309. The van der Waals surface area contributed by atoms with Crippen molar-refractivity contribution in [3.05, 3.63) is 11.3 Å². The Morgan fingerprint density at radius 1 is 1.50 bits per heavy atom. The summed E-state index contributed by atoms with van der Waals surface area (Å²) in [4.78, 5) is 11.0. The van der Waals surface area contributed by atoms with Gasteiger partial charge in [0.15, 0.2) is 0 Å². The fourth-order valence-corrected chi connectivity index (χ4v) is 3.35. The number of piperidine rings is 1. The number of anilines is 1. The van der Waals surface area contributed by atoms with Gasteiger partial charge in [-0.05, 0) is 26.7 Å². The number of hydrogen-bond donors (Lipinski definition) is 2. The predicted octanol–water partition coefficient (Wildman–Crippen LogP) is 0.745. The molecule has 0 saturated carbocycles. The van der Waals surface area contributed by atoms with E-state index in [1.165, 1.54) is 0 Å². The Bertz CT molecular complexity index is 610. The first-order valence-electron chi connectivity index (χ1n) is 6.25. The van der Waals surface area contributed by atoms with Crippen molar-refractivity contribution in [2.45, 2.75) is 26.7 Å². The van der Waals surface area contributed by atoms with Gasteiger partial charge in [0.05, 0.1) is 11.6 Å². The molecular weight excluding hydrogens is 286 g/mol. The average molecular weight is 303 g/mol. The van der Waals surface area contributed by atoms with E-state index >= 15 is 0 Å². The Morgan fingerprint density at radius 3 is 2.75 bits per heavy atom. The lowest BCUT2D eigenvalue weighted by Gasteiger charge is -2.29. The standard InChI is InChI=1S/C11H17N3O5S/c1-7-8(2)12-19-10(7)13-20(17,18)14-5-3-4-9(6-14)11(15)16/h9,13H,3-6H2,1-2H3,(H,15,16). The molecule has 9 heteroatoms. The first-order valence-corrected chi connectivity index (χ1v) is 7.69. The van der Waals surface area contributed by atoms with Crippen LogP contribution in [0.3, 0.4) is 0 Å². The van der Waals surface area contributed by atoms with Crippen LogP contribution in [0.1, 0.15) is 24.1 Å². The number of hydrogen-bond acceptors (Lipinski definition) is 5. The van der Waals surface area contributed by atoms with Gasteiger partial charge in [0.2, 0.25) is 5.88 Å². The van der Waals surface area contributed by atoms with E-state index in [1.54, 1.807) is 13.8 Å². The zero-order valence-electron chi connectivity index (χ0n) is 11.3. The third-order valence-electron chi connectivity index (χ3n) is 3.45. The van der Waals surface area contributed by atoms with Crippen LogP contribution >= 0.6 is 0 Å². The van der Waals surface area contributed by atoms with Crippen LogP contribution in [0.25, 0.3) is 0 Å². The SMILES string of the molecule is Cc1noc(NS(=O)(=O)N2CCCC(C(=O)O)C2)c1C. The second kappa shape index (κ2) is 5.41. The van der Waals surface area contributed by atoms with Gasteiger partial charge in [-0.3, -0.25) is 4.79 Å². The highest BCUT2D eigenvalue weighted by molar-refractivity contribution is 7.90. The Kier molecular flexibility index (Phi) is 4.00. The predicted molar refractivity (Wildman–Crippen MR) is 70.5 cm³/mol. The van der Waals surface area contributed by atoms with E-state index in [0.717, 1.165) is 4.31 Å². The molecule has 0 radical (unpaired) electrons. The Labute approximate surface area is 116 Å². The summed E-state index contributed by atoms with van der Waals surface area (Å²) in [5.41, 5.74) is 1.21. The summed E-state index contributed by atoms with van der Waals surface area (Å²) in [5, 5.41) is 12.7. The summed E-state index contributed by atoms with van der Waals surface area (Å²) in [6.45, 7) is 3.67. The molecule has 1 aliphatic rings. The lowest BCUT2D eigenvalue weighted by atomic mass is 10.0. The highest BCUT2D eigenvalue weighted by Crippen LogP contribution is 2.23. The average Bonchev–Trinajstić information content (AvgIpc) is 2.70. The van der Waals surface area contributed by atoms with Crippen molar-refractivity contribution in [1.82, 2.24) is 9.46 Å². The Morgan fingerprint density at radius 2 is 2.20 bits per heavy atom. The van der Waals surface area contributed by atoms with Crippen molar-refractivity contribution >= 4 is 22.1 Å². The minimum Gasteiger partial charge on any atom is -0.481 e. The molecule has 1 unspecified atom stereocenters. The van der Waals surface area contributed by atoms with E-state index < -0.39 is 22.1 Å². The lowest BCUT2D eigenvalue weighted by Crippen LogP contribution is -2.44.